The average molecular weight is 472 g/mol. The van der Waals surface area contributed by atoms with Crippen LogP contribution in [0.1, 0.15) is 50.4 Å². The molecule has 1 atom stereocenters. The lowest BCUT2D eigenvalue weighted by Gasteiger charge is -2.30. The van der Waals surface area contributed by atoms with E-state index in [2.05, 4.69) is 12.2 Å². The Morgan fingerprint density at radius 2 is 1.67 bits per heavy atom. The number of anilines is 1. The molecular formula is C25H33N3O4S. The molecular weight excluding hydrogens is 438 g/mol. The molecule has 1 heterocycles. The number of amides is 2. The third kappa shape index (κ3) is 6.00. The van der Waals surface area contributed by atoms with Crippen molar-refractivity contribution in [3.63, 3.8) is 0 Å². The van der Waals surface area contributed by atoms with E-state index in [9.17, 15) is 18.0 Å². The summed E-state index contributed by atoms with van der Waals surface area (Å²) in [4.78, 5) is 27.7. The molecule has 3 rings (SSSR count). The number of sulfonamides is 1. The number of nitrogens with one attached hydrogen (secondary N) is 1. The van der Waals surface area contributed by atoms with Crippen LogP contribution in [0, 0.1) is 5.92 Å². The highest BCUT2D eigenvalue weighted by Gasteiger charge is 2.29. The summed E-state index contributed by atoms with van der Waals surface area (Å²) < 4.78 is 27.4. The van der Waals surface area contributed by atoms with E-state index in [0.717, 1.165) is 12.8 Å². The predicted octanol–water partition coefficient (Wildman–Crippen LogP) is 3.99. The van der Waals surface area contributed by atoms with Gasteiger partial charge < -0.3 is 10.2 Å². The molecule has 1 aliphatic rings. The van der Waals surface area contributed by atoms with E-state index in [1.165, 1.54) is 33.5 Å². The van der Waals surface area contributed by atoms with Crippen LogP contribution in [0.15, 0.2) is 59.5 Å². The van der Waals surface area contributed by atoms with Crippen molar-refractivity contribution in [2.24, 2.45) is 5.92 Å². The third-order valence-electron chi connectivity index (χ3n) is 6.10. The first-order valence-corrected chi connectivity index (χ1v) is 12.9. The number of hydrogen-bond acceptors (Lipinski definition) is 4. The topological polar surface area (TPSA) is 86.8 Å². The fourth-order valence-electron chi connectivity index (χ4n) is 3.93. The molecule has 0 aromatic heterocycles. The summed E-state index contributed by atoms with van der Waals surface area (Å²) in [5.74, 6) is -0.0492. The zero-order valence-corrected chi connectivity index (χ0v) is 20.3. The number of piperidine rings is 1. The second kappa shape index (κ2) is 10.9. The largest absolute Gasteiger partial charge is 0.327 e. The maximum atomic E-state index is 13.2. The van der Waals surface area contributed by atoms with E-state index in [0.29, 0.717) is 43.2 Å². The normalized spacial score (nSPS) is 16.2. The van der Waals surface area contributed by atoms with E-state index in [1.807, 2.05) is 25.1 Å². The van der Waals surface area contributed by atoms with Crippen LogP contribution in [0.3, 0.4) is 0 Å². The summed E-state index contributed by atoms with van der Waals surface area (Å²) in [5, 5.41) is 2.84. The lowest BCUT2D eigenvalue weighted by Crippen LogP contribution is -2.46. The Morgan fingerprint density at radius 3 is 2.24 bits per heavy atom. The van der Waals surface area contributed by atoms with E-state index < -0.39 is 16.1 Å². The number of para-hydroxylation sites is 1. The summed E-state index contributed by atoms with van der Waals surface area (Å²) >= 11 is 0. The van der Waals surface area contributed by atoms with Gasteiger partial charge in [0.25, 0.3) is 5.91 Å². The molecule has 2 amide bonds. The molecule has 2 aromatic carbocycles. The highest BCUT2D eigenvalue weighted by molar-refractivity contribution is 7.89. The van der Waals surface area contributed by atoms with Crippen molar-refractivity contribution in [3.05, 3.63) is 60.2 Å². The summed E-state index contributed by atoms with van der Waals surface area (Å²) in [6.07, 6.45) is 2.39. The maximum absolute atomic E-state index is 13.2. The number of carbonyl (C=O) groups excluding carboxylic acids is 2. The molecule has 1 saturated heterocycles. The standard InChI is InChI=1S/C25H33N3O4S/c1-4-16-28(20(3)24(29)26-22-8-6-5-7-9-22)25(30)21-10-12-23(13-11-21)33(31,32)27-17-14-19(2)15-18-27/h5-13,19-20H,4,14-18H2,1-3H3,(H,26,29). The summed E-state index contributed by atoms with van der Waals surface area (Å²) in [5.41, 5.74) is 1.02. The Hall–Kier alpha value is -2.71. The first-order valence-electron chi connectivity index (χ1n) is 11.5. The van der Waals surface area contributed by atoms with Gasteiger partial charge in [-0.1, -0.05) is 32.0 Å². The van der Waals surface area contributed by atoms with E-state index in [-0.39, 0.29) is 16.7 Å². The average Bonchev–Trinajstić information content (AvgIpc) is 2.82. The molecule has 0 bridgehead atoms. The van der Waals surface area contributed by atoms with Gasteiger partial charge in [-0.15, -0.1) is 0 Å². The Bertz CT molecular complexity index is 1050. The number of hydrogen-bond donors (Lipinski definition) is 1. The molecule has 1 N–H and O–H groups in total. The van der Waals surface area contributed by atoms with Crippen LogP contribution >= 0.6 is 0 Å². The third-order valence-corrected chi connectivity index (χ3v) is 8.01. The lowest BCUT2D eigenvalue weighted by atomic mass is 10.0. The molecule has 0 radical (unpaired) electrons. The minimum atomic E-state index is -3.58. The predicted molar refractivity (Wildman–Crippen MR) is 129 cm³/mol. The molecule has 1 fully saturated rings. The van der Waals surface area contributed by atoms with Gasteiger partial charge >= 0.3 is 0 Å². The Kier molecular flexibility index (Phi) is 8.26. The number of carbonyl (C=O) groups is 2. The molecule has 178 valence electrons. The fraction of sp³-hybridized carbons (Fsp3) is 0.440. The van der Waals surface area contributed by atoms with Crippen molar-refractivity contribution in [3.8, 4) is 0 Å². The molecule has 1 unspecified atom stereocenters. The van der Waals surface area contributed by atoms with Gasteiger partial charge in [-0.05, 0) is 68.5 Å². The van der Waals surface area contributed by atoms with Crippen LogP contribution in [0.5, 0.6) is 0 Å². The quantitative estimate of drug-likeness (QED) is 0.631. The minimum absolute atomic E-state index is 0.186. The van der Waals surface area contributed by atoms with Gasteiger partial charge in [0.15, 0.2) is 0 Å². The first kappa shape index (κ1) is 24.9. The van der Waals surface area contributed by atoms with Crippen molar-refractivity contribution < 1.29 is 18.0 Å². The Balaban J connectivity index is 1.74. The fourth-order valence-corrected chi connectivity index (χ4v) is 5.40. The molecule has 0 aliphatic carbocycles. The first-order chi connectivity index (χ1) is 15.7. The zero-order chi connectivity index (χ0) is 24.0. The van der Waals surface area contributed by atoms with Gasteiger partial charge in [0, 0.05) is 30.9 Å². The molecule has 0 saturated carbocycles. The van der Waals surface area contributed by atoms with Crippen molar-refractivity contribution in [2.45, 2.75) is 51.0 Å². The molecule has 7 nitrogen and oxygen atoms in total. The van der Waals surface area contributed by atoms with Crippen molar-refractivity contribution in [1.29, 1.82) is 0 Å². The van der Waals surface area contributed by atoms with Gasteiger partial charge in [-0.3, -0.25) is 9.59 Å². The Labute approximate surface area is 196 Å². The van der Waals surface area contributed by atoms with Gasteiger partial charge in [0.05, 0.1) is 4.90 Å². The molecule has 33 heavy (non-hydrogen) atoms. The van der Waals surface area contributed by atoms with Crippen LogP contribution in [0.25, 0.3) is 0 Å². The summed E-state index contributed by atoms with van der Waals surface area (Å²) in [7, 11) is -3.58. The van der Waals surface area contributed by atoms with Crippen LogP contribution in [0.4, 0.5) is 5.69 Å². The summed E-state index contributed by atoms with van der Waals surface area (Å²) in [6.45, 7) is 7.21. The van der Waals surface area contributed by atoms with Crippen molar-refractivity contribution in [2.75, 3.05) is 25.0 Å². The second-order valence-electron chi connectivity index (χ2n) is 8.64. The minimum Gasteiger partial charge on any atom is -0.327 e. The van der Waals surface area contributed by atoms with Gasteiger partial charge in [0.2, 0.25) is 15.9 Å². The van der Waals surface area contributed by atoms with Crippen molar-refractivity contribution in [1.82, 2.24) is 9.21 Å². The highest BCUT2D eigenvalue weighted by atomic mass is 32.2. The van der Waals surface area contributed by atoms with E-state index in [1.54, 1.807) is 19.1 Å². The van der Waals surface area contributed by atoms with Gasteiger partial charge in [-0.2, -0.15) is 4.31 Å². The molecule has 8 heteroatoms. The van der Waals surface area contributed by atoms with Gasteiger partial charge in [0.1, 0.15) is 6.04 Å². The van der Waals surface area contributed by atoms with E-state index in [4.69, 9.17) is 0 Å². The Morgan fingerprint density at radius 1 is 1.06 bits per heavy atom. The smallest absolute Gasteiger partial charge is 0.254 e. The van der Waals surface area contributed by atoms with Crippen molar-refractivity contribution >= 4 is 27.5 Å². The highest BCUT2D eigenvalue weighted by Crippen LogP contribution is 2.24. The maximum Gasteiger partial charge on any atom is 0.254 e. The number of nitrogens with zero attached hydrogens (tertiary/aromatic N) is 2. The van der Waals surface area contributed by atoms with Crippen LogP contribution in [-0.2, 0) is 14.8 Å². The van der Waals surface area contributed by atoms with E-state index >= 15 is 0 Å². The molecule has 2 aromatic rings. The molecule has 0 spiro atoms. The zero-order valence-electron chi connectivity index (χ0n) is 19.5. The molecule has 1 aliphatic heterocycles. The van der Waals surface area contributed by atoms with Crippen LogP contribution < -0.4 is 5.32 Å². The monoisotopic (exact) mass is 471 g/mol. The lowest BCUT2D eigenvalue weighted by molar-refractivity contribution is -0.120. The van der Waals surface area contributed by atoms with Gasteiger partial charge in [-0.25, -0.2) is 8.42 Å². The number of benzene rings is 2. The van der Waals surface area contributed by atoms with Crippen LogP contribution in [0.2, 0.25) is 0 Å². The number of rotatable bonds is 8. The SMILES string of the molecule is CCCN(C(=O)c1ccc(S(=O)(=O)N2CCC(C)CC2)cc1)C(C)C(=O)Nc1ccccc1. The summed E-state index contributed by atoms with van der Waals surface area (Å²) in [6, 6.07) is 14.5. The second-order valence-corrected chi connectivity index (χ2v) is 10.6. The van der Waals surface area contributed by atoms with Crippen LogP contribution in [-0.4, -0.2) is 55.1 Å².